The number of piperidine rings is 1. The average Bonchev–Trinajstić information content (AvgIpc) is 2.78. The van der Waals surface area contributed by atoms with Gasteiger partial charge in [0, 0.05) is 33.2 Å². The van der Waals surface area contributed by atoms with Gasteiger partial charge in [-0.1, -0.05) is 26.0 Å². The fourth-order valence-corrected chi connectivity index (χ4v) is 3.64. The molecule has 1 aliphatic heterocycles. The summed E-state index contributed by atoms with van der Waals surface area (Å²) in [7, 11) is 1.80. The first-order valence-electron chi connectivity index (χ1n) is 11.2. The minimum absolute atomic E-state index is 0.00795. The first-order valence-corrected chi connectivity index (χ1v) is 11.2. The van der Waals surface area contributed by atoms with E-state index in [-0.39, 0.29) is 11.9 Å². The van der Waals surface area contributed by atoms with E-state index in [4.69, 9.17) is 9.47 Å². The number of likely N-dealkylation sites (N-methyl/N-ethyl adjacent to an activating group) is 1. The molecule has 0 spiro atoms. The van der Waals surface area contributed by atoms with Gasteiger partial charge >= 0.3 is 5.97 Å². The number of nitrogens with one attached hydrogen (secondary N) is 1. The van der Waals surface area contributed by atoms with Gasteiger partial charge in [0.05, 0.1) is 12.5 Å². The summed E-state index contributed by atoms with van der Waals surface area (Å²) in [5.41, 5.74) is 1.17. The highest BCUT2D eigenvalue weighted by Gasteiger charge is 2.27. The van der Waals surface area contributed by atoms with Gasteiger partial charge in [0.15, 0.2) is 5.96 Å². The maximum atomic E-state index is 11.9. The zero-order chi connectivity index (χ0) is 21.8. The molecule has 1 aromatic carbocycles. The van der Waals surface area contributed by atoms with Crippen LogP contribution in [0.1, 0.15) is 39.2 Å². The fourth-order valence-electron chi connectivity index (χ4n) is 3.64. The van der Waals surface area contributed by atoms with Gasteiger partial charge in [0.25, 0.3) is 0 Å². The lowest BCUT2D eigenvalue weighted by atomic mass is 9.97. The van der Waals surface area contributed by atoms with Gasteiger partial charge in [-0.05, 0) is 50.6 Å². The van der Waals surface area contributed by atoms with Crippen LogP contribution in [0.2, 0.25) is 0 Å². The Bertz CT molecular complexity index is 651. The Morgan fingerprint density at radius 3 is 2.40 bits per heavy atom. The molecule has 1 N–H and O–H groups in total. The predicted octanol–water partition coefficient (Wildman–Crippen LogP) is 2.76. The highest BCUT2D eigenvalue weighted by atomic mass is 16.5. The molecule has 0 radical (unpaired) electrons. The zero-order valence-electron chi connectivity index (χ0n) is 19.0. The van der Waals surface area contributed by atoms with Crippen LogP contribution in [0.4, 0.5) is 0 Å². The number of likely N-dealkylation sites (tertiary alicyclic amines) is 1. The first-order chi connectivity index (χ1) is 14.6. The molecule has 2 rings (SSSR count). The van der Waals surface area contributed by atoms with Crippen LogP contribution >= 0.6 is 0 Å². The molecule has 0 aliphatic carbocycles. The molecule has 1 heterocycles. The molecular formula is C23H38N4O3. The van der Waals surface area contributed by atoms with E-state index in [0.717, 1.165) is 57.3 Å². The Labute approximate surface area is 181 Å². The zero-order valence-corrected chi connectivity index (χ0v) is 19.0. The molecule has 30 heavy (non-hydrogen) atoms. The Balaban J connectivity index is 1.75. The summed E-state index contributed by atoms with van der Waals surface area (Å²) in [6.45, 7) is 12.7. The van der Waals surface area contributed by atoms with E-state index in [2.05, 4.69) is 46.1 Å². The summed E-state index contributed by atoms with van der Waals surface area (Å²) >= 11 is 0. The molecule has 0 atom stereocenters. The summed E-state index contributed by atoms with van der Waals surface area (Å²) in [6.07, 6.45) is 1.61. The van der Waals surface area contributed by atoms with Crippen LogP contribution in [0.5, 0.6) is 5.75 Å². The minimum atomic E-state index is -0.0699. The summed E-state index contributed by atoms with van der Waals surface area (Å²) in [5, 5.41) is 3.43. The van der Waals surface area contributed by atoms with Crippen LogP contribution < -0.4 is 10.1 Å². The minimum Gasteiger partial charge on any atom is -0.492 e. The number of hydrogen-bond donors (Lipinski definition) is 1. The molecule has 1 fully saturated rings. The van der Waals surface area contributed by atoms with Crippen molar-refractivity contribution in [1.82, 2.24) is 15.1 Å². The monoisotopic (exact) mass is 418 g/mol. The van der Waals surface area contributed by atoms with Crippen LogP contribution in [0.25, 0.3) is 0 Å². The molecule has 1 saturated heterocycles. The van der Waals surface area contributed by atoms with Crippen molar-refractivity contribution in [3.63, 3.8) is 0 Å². The van der Waals surface area contributed by atoms with Crippen LogP contribution in [-0.4, -0.2) is 74.7 Å². The van der Waals surface area contributed by atoms with E-state index in [1.54, 1.807) is 7.05 Å². The fraction of sp³-hybridized carbons (Fsp3) is 0.652. The summed E-state index contributed by atoms with van der Waals surface area (Å²) in [4.78, 5) is 20.9. The standard InChI is InChI=1S/C23H38N4O3/c1-5-26(6-2)16-17-30-21-10-8-19(9-11-21)18-25-23(24-4)27-14-12-20(13-15-27)22(28)29-7-3/h8-11,20H,5-7,12-18H2,1-4H3,(H,24,25). The third-order valence-corrected chi connectivity index (χ3v) is 5.57. The molecule has 0 saturated carbocycles. The number of rotatable bonds is 10. The van der Waals surface area contributed by atoms with Gasteiger partial charge in [-0.2, -0.15) is 0 Å². The Hall–Kier alpha value is -2.28. The van der Waals surface area contributed by atoms with E-state index in [9.17, 15) is 4.79 Å². The lowest BCUT2D eigenvalue weighted by molar-refractivity contribution is -0.149. The molecule has 1 aliphatic rings. The van der Waals surface area contributed by atoms with Crippen molar-refractivity contribution in [1.29, 1.82) is 0 Å². The Morgan fingerprint density at radius 1 is 1.17 bits per heavy atom. The van der Waals surface area contributed by atoms with Crippen molar-refractivity contribution in [2.24, 2.45) is 10.9 Å². The van der Waals surface area contributed by atoms with Gasteiger partial charge in [0.1, 0.15) is 12.4 Å². The average molecular weight is 419 g/mol. The van der Waals surface area contributed by atoms with E-state index < -0.39 is 0 Å². The number of aliphatic imine (C=N–C) groups is 1. The van der Waals surface area contributed by atoms with E-state index in [1.807, 2.05) is 19.1 Å². The molecule has 0 bridgehead atoms. The van der Waals surface area contributed by atoms with Gasteiger partial charge in [-0.25, -0.2) is 0 Å². The van der Waals surface area contributed by atoms with Gasteiger partial charge in [-0.3, -0.25) is 9.79 Å². The SMILES string of the molecule is CCOC(=O)C1CCN(C(=NC)NCc2ccc(OCCN(CC)CC)cc2)CC1. The lowest BCUT2D eigenvalue weighted by Crippen LogP contribution is -2.46. The Morgan fingerprint density at radius 2 is 1.83 bits per heavy atom. The molecule has 168 valence electrons. The Kier molecular flexibility index (Phi) is 10.5. The normalized spacial score (nSPS) is 15.4. The van der Waals surface area contributed by atoms with Crippen molar-refractivity contribution in [2.75, 3.05) is 53.0 Å². The van der Waals surface area contributed by atoms with E-state index in [1.165, 1.54) is 5.56 Å². The maximum absolute atomic E-state index is 11.9. The molecule has 7 nitrogen and oxygen atoms in total. The van der Waals surface area contributed by atoms with Crippen molar-refractivity contribution < 1.29 is 14.3 Å². The summed E-state index contributed by atoms with van der Waals surface area (Å²) < 4.78 is 11.0. The second-order valence-electron chi connectivity index (χ2n) is 7.43. The van der Waals surface area contributed by atoms with E-state index >= 15 is 0 Å². The molecule has 0 unspecified atom stereocenters. The molecule has 1 aromatic rings. The van der Waals surface area contributed by atoms with Crippen molar-refractivity contribution >= 4 is 11.9 Å². The highest BCUT2D eigenvalue weighted by molar-refractivity contribution is 5.80. The lowest BCUT2D eigenvalue weighted by Gasteiger charge is -2.33. The number of guanidine groups is 1. The quantitative estimate of drug-likeness (QED) is 0.358. The van der Waals surface area contributed by atoms with Crippen LogP contribution in [0, 0.1) is 5.92 Å². The van der Waals surface area contributed by atoms with Gasteiger partial charge in [0.2, 0.25) is 0 Å². The van der Waals surface area contributed by atoms with Crippen molar-refractivity contribution in [3.8, 4) is 5.75 Å². The third-order valence-electron chi connectivity index (χ3n) is 5.57. The number of benzene rings is 1. The highest BCUT2D eigenvalue weighted by Crippen LogP contribution is 2.19. The smallest absolute Gasteiger partial charge is 0.309 e. The number of nitrogens with zero attached hydrogens (tertiary/aromatic N) is 3. The second-order valence-corrected chi connectivity index (χ2v) is 7.43. The topological polar surface area (TPSA) is 66.4 Å². The number of carbonyl (C=O) groups excluding carboxylic acids is 1. The van der Waals surface area contributed by atoms with Crippen LogP contribution in [0.15, 0.2) is 29.3 Å². The van der Waals surface area contributed by atoms with E-state index in [0.29, 0.717) is 19.8 Å². The molecule has 0 aromatic heterocycles. The van der Waals surface area contributed by atoms with Crippen LogP contribution in [-0.2, 0) is 16.1 Å². The van der Waals surface area contributed by atoms with Gasteiger partial charge < -0.3 is 24.6 Å². The largest absolute Gasteiger partial charge is 0.492 e. The molecule has 0 amide bonds. The summed E-state index contributed by atoms with van der Waals surface area (Å²) in [6, 6.07) is 8.21. The second kappa shape index (κ2) is 13.1. The number of esters is 1. The molecular weight excluding hydrogens is 380 g/mol. The first kappa shape index (κ1) is 24.0. The molecule has 7 heteroatoms. The number of ether oxygens (including phenoxy) is 2. The van der Waals surface area contributed by atoms with Crippen LogP contribution in [0.3, 0.4) is 0 Å². The number of hydrogen-bond acceptors (Lipinski definition) is 5. The number of carbonyl (C=O) groups is 1. The predicted molar refractivity (Wildman–Crippen MR) is 121 cm³/mol. The summed E-state index contributed by atoms with van der Waals surface area (Å²) in [5.74, 6) is 1.71. The maximum Gasteiger partial charge on any atom is 0.309 e. The third kappa shape index (κ3) is 7.52. The van der Waals surface area contributed by atoms with Crippen molar-refractivity contribution in [2.45, 2.75) is 40.2 Å². The van der Waals surface area contributed by atoms with Gasteiger partial charge in [-0.15, -0.1) is 0 Å². The van der Waals surface area contributed by atoms with Crippen molar-refractivity contribution in [3.05, 3.63) is 29.8 Å².